The van der Waals surface area contributed by atoms with Crippen LogP contribution in [-0.4, -0.2) is 16.1 Å². The van der Waals surface area contributed by atoms with E-state index in [0.29, 0.717) is 22.2 Å². The van der Waals surface area contributed by atoms with E-state index in [1.807, 2.05) is 0 Å². The van der Waals surface area contributed by atoms with Gasteiger partial charge >= 0.3 is 5.97 Å². The van der Waals surface area contributed by atoms with Crippen molar-refractivity contribution in [3.8, 4) is 11.6 Å². The van der Waals surface area contributed by atoms with Gasteiger partial charge in [-0.2, -0.15) is 0 Å². The second-order valence-corrected chi connectivity index (χ2v) is 4.07. The van der Waals surface area contributed by atoms with Gasteiger partial charge < -0.3 is 9.84 Å². The molecule has 92 valence electrons. The van der Waals surface area contributed by atoms with Crippen LogP contribution in [0.1, 0.15) is 5.56 Å². The predicted octanol–water partition coefficient (Wildman–Crippen LogP) is 3.15. The van der Waals surface area contributed by atoms with E-state index in [9.17, 15) is 4.79 Å². The van der Waals surface area contributed by atoms with Crippen molar-refractivity contribution in [3.05, 3.63) is 53.2 Å². The van der Waals surface area contributed by atoms with Crippen LogP contribution in [0.5, 0.6) is 11.6 Å². The number of carboxylic acid groups (broad SMARTS) is 1. The monoisotopic (exact) mass is 263 g/mol. The van der Waals surface area contributed by atoms with Gasteiger partial charge in [0.05, 0.1) is 6.42 Å². The van der Waals surface area contributed by atoms with Crippen molar-refractivity contribution in [2.75, 3.05) is 0 Å². The highest BCUT2D eigenvalue weighted by Crippen LogP contribution is 2.21. The highest BCUT2D eigenvalue weighted by molar-refractivity contribution is 6.30. The van der Waals surface area contributed by atoms with Crippen molar-refractivity contribution >= 4 is 17.6 Å². The first-order valence-electron chi connectivity index (χ1n) is 5.23. The highest BCUT2D eigenvalue weighted by atomic mass is 35.5. The maximum absolute atomic E-state index is 10.5. The number of carboxylic acids is 1. The number of ether oxygens (including phenoxy) is 1. The third kappa shape index (κ3) is 3.46. The number of hydrogen-bond acceptors (Lipinski definition) is 3. The summed E-state index contributed by atoms with van der Waals surface area (Å²) >= 11 is 5.76. The van der Waals surface area contributed by atoms with Crippen molar-refractivity contribution in [2.45, 2.75) is 6.42 Å². The molecule has 5 heteroatoms. The Morgan fingerprint density at radius 2 is 1.94 bits per heavy atom. The molecule has 0 aliphatic carbocycles. The van der Waals surface area contributed by atoms with E-state index >= 15 is 0 Å². The molecule has 0 spiro atoms. The van der Waals surface area contributed by atoms with Crippen LogP contribution in [0.15, 0.2) is 42.6 Å². The summed E-state index contributed by atoms with van der Waals surface area (Å²) in [5.74, 6) is 0.146. The minimum Gasteiger partial charge on any atom is -0.481 e. The standard InChI is InChI=1S/C13H10ClNO3/c14-10-2-4-11(5-3-10)18-12-6-1-9(8-15-12)7-13(16)17/h1-6,8H,7H2,(H,16,17). The number of pyridine rings is 1. The largest absolute Gasteiger partial charge is 0.481 e. The van der Waals surface area contributed by atoms with Gasteiger partial charge in [0.2, 0.25) is 5.88 Å². The third-order valence-corrected chi connectivity index (χ3v) is 2.44. The summed E-state index contributed by atoms with van der Waals surface area (Å²) in [6.45, 7) is 0. The Balaban J connectivity index is 2.06. The van der Waals surface area contributed by atoms with E-state index in [1.165, 1.54) is 6.20 Å². The lowest BCUT2D eigenvalue weighted by atomic mass is 10.2. The number of rotatable bonds is 4. The summed E-state index contributed by atoms with van der Waals surface area (Å²) in [6.07, 6.45) is 1.44. The van der Waals surface area contributed by atoms with Gasteiger partial charge in [-0.15, -0.1) is 0 Å². The number of halogens is 1. The van der Waals surface area contributed by atoms with E-state index in [-0.39, 0.29) is 6.42 Å². The van der Waals surface area contributed by atoms with Crippen molar-refractivity contribution in [1.29, 1.82) is 0 Å². The molecule has 0 aliphatic heterocycles. The quantitative estimate of drug-likeness (QED) is 0.920. The Labute approximate surface area is 109 Å². The summed E-state index contributed by atoms with van der Waals surface area (Å²) in [5.41, 5.74) is 0.631. The molecule has 0 fully saturated rings. The van der Waals surface area contributed by atoms with Gasteiger partial charge in [-0.3, -0.25) is 4.79 Å². The zero-order valence-electron chi connectivity index (χ0n) is 9.34. The molecule has 0 saturated carbocycles. The molecule has 18 heavy (non-hydrogen) atoms. The molecule has 2 aromatic rings. The zero-order valence-corrected chi connectivity index (χ0v) is 10.1. The summed E-state index contributed by atoms with van der Waals surface area (Å²) in [7, 11) is 0. The van der Waals surface area contributed by atoms with Crippen LogP contribution in [0, 0.1) is 0 Å². The highest BCUT2D eigenvalue weighted by Gasteiger charge is 2.02. The van der Waals surface area contributed by atoms with Crippen LogP contribution in [-0.2, 0) is 11.2 Å². The molecule has 4 nitrogen and oxygen atoms in total. The smallest absolute Gasteiger partial charge is 0.307 e. The van der Waals surface area contributed by atoms with E-state index in [0.717, 1.165) is 0 Å². The van der Waals surface area contributed by atoms with E-state index in [1.54, 1.807) is 36.4 Å². The Morgan fingerprint density at radius 3 is 2.50 bits per heavy atom. The summed E-state index contributed by atoms with van der Waals surface area (Å²) in [5, 5.41) is 9.26. The molecule has 0 bridgehead atoms. The van der Waals surface area contributed by atoms with Gasteiger partial charge in [-0.25, -0.2) is 4.98 Å². The second-order valence-electron chi connectivity index (χ2n) is 3.63. The molecule has 1 aromatic heterocycles. The zero-order chi connectivity index (χ0) is 13.0. The average Bonchev–Trinajstić information content (AvgIpc) is 2.34. The topological polar surface area (TPSA) is 59.4 Å². The average molecular weight is 264 g/mol. The van der Waals surface area contributed by atoms with Gasteiger partial charge in [-0.1, -0.05) is 17.7 Å². The first-order chi connectivity index (χ1) is 8.63. The van der Waals surface area contributed by atoms with Crippen LogP contribution < -0.4 is 4.74 Å². The fourth-order valence-corrected chi connectivity index (χ4v) is 1.50. The minimum absolute atomic E-state index is 0.0474. The predicted molar refractivity (Wildman–Crippen MR) is 67.1 cm³/mol. The molecule has 0 unspecified atom stereocenters. The minimum atomic E-state index is -0.886. The number of hydrogen-bond donors (Lipinski definition) is 1. The molecule has 0 radical (unpaired) electrons. The summed E-state index contributed by atoms with van der Waals surface area (Å²) in [6, 6.07) is 10.2. The molecule has 0 saturated heterocycles. The maximum Gasteiger partial charge on any atom is 0.307 e. The molecule has 0 amide bonds. The third-order valence-electron chi connectivity index (χ3n) is 2.19. The number of carbonyl (C=O) groups is 1. The normalized spacial score (nSPS) is 10.1. The van der Waals surface area contributed by atoms with Crippen molar-refractivity contribution in [2.24, 2.45) is 0 Å². The second kappa shape index (κ2) is 5.51. The van der Waals surface area contributed by atoms with Crippen LogP contribution in [0.3, 0.4) is 0 Å². The molecule has 2 rings (SSSR count). The maximum atomic E-state index is 10.5. The molecule has 0 atom stereocenters. The molecular formula is C13H10ClNO3. The van der Waals surface area contributed by atoms with E-state index in [2.05, 4.69) is 4.98 Å². The first kappa shape index (κ1) is 12.4. The van der Waals surface area contributed by atoms with Crippen LogP contribution in [0.2, 0.25) is 5.02 Å². The van der Waals surface area contributed by atoms with Gasteiger partial charge in [0.25, 0.3) is 0 Å². The molecule has 1 N–H and O–H groups in total. The van der Waals surface area contributed by atoms with Crippen molar-refractivity contribution < 1.29 is 14.6 Å². The van der Waals surface area contributed by atoms with E-state index in [4.69, 9.17) is 21.4 Å². The lowest BCUT2D eigenvalue weighted by molar-refractivity contribution is -0.136. The summed E-state index contributed by atoms with van der Waals surface area (Å²) < 4.78 is 5.48. The van der Waals surface area contributed by atoms with Crippen molar-refractivity contribution in [1.82, 2.24) is 4.98 Å². The number of benzene rings is 1. The lowest BCUT2D eigenvalue weighted by Crippen LogP contribution is -2.00. The number of aromatic nitrogens is 1. The van der Waals surface area contributed by atoms with Gasteiger partial charge in [0.15, 0.2) is 0 Å². The van der Waals surface area contributed by atoms with Crippen LogP contribution in [0.25, 0.3) is 0 Å². The van der Waals surface area contributed by atoms with Crippen molar-refractivity contribution in [3.63, 3.8) is 0 Å². The lowest BCUT2D eigenvalue weighted by Gasteiger charge is -2.05. The molecule has 1 heterocycles. The molecule has 1 aromatic carbocycles. The molecule has 0 aliphatic rings. The summed E-state index contributed by atoms with van der Waals surface area (Å²) in [4.78, 5) is 14.5. The van der Waals surface area contributed by atoms with E-state index < -0.39 is 5.97 Å². The van der Waals surface area contributed by atoms with Gasteiger partial charge in [0, 0.05) is 17.3 Å². The molecular weight excluding hydrogens is 254 g/mol. The van der Waals surface area contributed by atoms with Gasteiger partial charge in [-0.05, 0) is 29.8 Å². The van der Waals surface area contributed by atoms with Crippen LogP contribution in [0.4, 0.5) is 0 Å². The van der Waals surface area contributed by atoms with Gasteiger partial charge in [0.1, 0.15) is 5.75 Å². The number of aliphatic carboxylic acids is 1. The Bertz CT molecular complexity index is 537. The fraction of sp³-hybridized carbons (Fsp3) is 0.0769. The Morgan fingerprint density at radius 1 is 1.22 bits per heavy atom. The first-order valence-corrected chi connectivity index (χ1v) is 5.61. The SMILES string of the molecule is O=C(O)Cc1ccc(Oc2ccc(Cl)cc2)nc1. The Kier molecular flexibility index (Phi) is 3.79. The fourth-order valence-electron chi connectivity index (χ4n) is 1.37. The number of nitrogens with zero attached hydrogens (tertiary/aromatic N) is 1. The Hall–Kier alpha value is -2.07. The van der Waals surface area contributed by atoms with Crippen LogP contribution >= 0.6 is 11.6 Å².